The molecule has 0 aliphatic rings. The fourth-order valence-corrected chi connectivity index (χ4v) is 2.95. The summed E-state index contributed by atoms with van der Waals surface area (Å²) in [5, 5.41) is 0. The van der Waals surface area contributed by atoms with Crippen molar-refractivity contribution >= 4 is 5.69 Å². The maximum absolute atomic E-state index is 6.44. The van der Waals surface area contributed by atoms with Crippen LogP contribution in [-0.4, -0.2) is 13.6 Å². The Hall–Kier alpha value is -1.80. The van der Waals surface area contributed by atoms with E-state index >= 15 is 0 Å². The lowest BCUT2D eigenvalue weighted by Gasteiger charge is -2.26. The highest BCUT2D eigenvalue weighted by Gasteiger charge is 2.14. The zero-order chi connectivity index (χ0) is 14.7. The number of hydrogen-bond donors (Lipinski definition) is 1. The van der Waals surface area contributed by atoms with Crippen LogP contribution in [0.4, 0.5) is 5.69 Å². The zero-order valence-corrected chi connectivity index (χ0v) is 12.9. The van der Waals surface area contributed by atoms with Crippen molar-refractivity contribution in [1.29, 1.82) is 0 Å². The molecule has 0 bridgehead atoms. The second kappa shape index (κ2) is 6.10. The molecule has 1 atom stereocenters. The number of likely N-dealkylation sites (N-methyl/N-ethyl adjacent to an activating group) is 1. The summed E-state index contributed by atoms with van der Waals surface area (Å²) in [7, 11) is 2.09. The molecule has 0 aliphatic carbocycles. The van der Waals surface area contributed by atoms with Crippen LogP contribution in [0.15, 0.2) is 42.5 Å². The van der Waals surface area contributed by atoms with E-state index in [1.54, 1.807) is 0 Å². The third-order valence-corrected chi connectivity index (χ3v) is 3.78. The minimum absolute atomic E-state index is 0.0285. The third-order valence-electron chi connectivity index (χ3n) is 3.78. The van der Waals surface area contributed by atoms with Crippen LogP contribution in [0.3, 0.4) is 0 Å². The second-order valence-electron chi connectivity index (χ2n) is 5.63. The van der Waals surface area contributed by atoms with Crippen LogP contribution < -0.4 is 10.6 Å². The summed E-state index contributed by atoms with van der Waals surface area (Å²) in [4.78, 5) is 2.21. The lowest BCUT2D eigenvalue weighted by molar-refractivity contribution is 0.694. The third kappa shape index (κ3) is 3.20. The van der Waals surface area contributed by atoms with Gasteiger partial charge in [-0.1, -0.05) is 35.9 Å². The predicted molar refractivity (Wildman–Crippen MR) is 87.3 cm³/mol. The van der Waals surface area contributed by atoms with Gasteiger partial charge < -0.3 is 10.6 Å². The van der Waals surface area contributed by atoms with E-state index < -0.39 is 0 Å². The molecular weight excluding hydrogens is 244 g/mol. The molecular formula is C18H24N2. The maximum Gasteiger partial charge on any atom is 0.0478 e. The first-order chi connectivity index (χ1) is 9.49. The molecule has 2 aromatic carbocycles. The molecule has 2 aromatic rings. The summed E-state index contributed by atoms with van der Waals surface area (Å²) in [5.41, 5.74) is 12.8. The highest BCUT2D eigenvalue weighted by molar-refractivity contribution is 5.46. The topological polar surface area (TPSA) is 29.3 Å². The Morgan fingerprint density at radius 2 is 1.55 bits per heavy atom. The lowest BCUT2D eigenvalue weighted by Crippen LogP contribution is -2.30. The number of anilines is 1. The monoisotopic (exact) mass is 268 g/mol. The smallest absolute Gasteiger partial charge is 0.0478 e. The van der Waals surface area contributed by atoms with Gasteiger partial charge >= 0.3 is 0 Å². The van der Waals surface area contributed by atoms with Crippen molar-refractivity contribution in [3.63, 3.8) is 0 Å². The Kier molecular flexibility index (Phi) is 4.46. The minimum atomic E-state index is 0.0285. The van der Waals surface area contributed by atoms with Gasteiger partial charge in [0.1, 0.15) is 0 Å². The molecule has 0 aromatic heterocycles. The van der Waals surface area contributed by atoms with Crippen molar-refractivity contribution in [2.24, 2.45) is 5.73 Å². The molecule has 2 N–H and O–H groups in total. The summed E-state index contributed by atoms with van der Waals surface area (Å²) in [6, 6.07) is 14.8. The molecule has 0 radical (unpaired) electrons. The van der Waals surface area contributed by atoms with Gasteiger partial charge in [-0.25, -0.2) is 0 Å². The second-order valence-corrected chi connectivity index (χ2v) is 5.63. The van der Waals surface area contributed by atoms with Gasteiger partial charge in [0, 0.05) is 25.3 Å². The molecule has 2 nitrogen and oxygen atoms in total. The first-order valence-electron chi connectivity index (χ1n) is 7.08. The Balaban J connectivity index is 2.19. The van der Waals surface area contributed by atoms with Crippen molar-refractivity contribution in [3.05, 3.63) is 64.7 Å². The summed E-state index contributed by atoms with van der Waals surface area (Å²) < 4.78 is 0. The fraction of sp³-hybridized carbons (Fsp3) is 0.333. The van der Waals surface area contributed by atoms with Crippen molar-refractivity contribution in [1.82, 2.24) is 0 Å². The number of benzene rings is 2. The quantitative estimate of drug-likeness (QED) is 0.915. The number of hydrogen-bond acceptors (Lipinski definition) is 2. The highest BCUT2D eigenvalue weighted by Crippen LogP contribution is 2.24. The standard InChI is InChI=1S/C18H24N2/c1-13-10-14(2)18(15(3)11-13)17(19)12-20(4)16-8-6-5-7-9-16/h5-11,17H,12,19H2,1-4H3. The van der Waals surface area contributed by atoms with Gasteiger partial charge in [0.25, 0.3) is 0 Å². The number of rotatable bonds is 4. The van der Waals surface area contributed by atoms with Gasteiger partial charge in [0.05, 0.1) is 0 Å². The first-order valence-corrected chi connectivity index (χ1v) is 7.08. The largest absolute Gasteiger partial charge is 0.373 e. The van der Waals surface area contributed by atoms with Crippen LogP contribution in [0.5, 0.6) is 0 Å². The van der Waals surface area contributed by atoms with E-state index in [0.717, 1.165) is 6.54 Å². The Morgan fingerprint density at radius 3 is 2.10 bits per heavy atom. The predicted octanol–water partition coefficient (Wildman–Crippen LogP) is 3.75. The van der Waals surface area contributed by atoms with Gasteiger partial charge in [0.15, 0.2) is 0 Å². The van der Waals surface area contributed by atoms with E-state index in [2.05, 4.69) is 69.1 Å². The molecule has 2 rings (SSSR count). The van der Waals surface area contributed by atoms with E-state index in [-0.39, 0.29) is 6.04 Å². The van der Waals surface area contributed by atoms with Crippen molar-refractivity contribution in [3.8, 4) is 0 Å². The Bertz CT molecular complexity index is 552. The van der Waals surface area contributed by atoms with E-state index in [4.69, 9.17) is 5.73 Å². The highest BCUT2D eigenvalue weighted by atomic mass is 15.1. The number of aryl methyl sites for hydroxylation is 3. The summed E-state index contributed by atoms with van der Waals surface area (Å²) in [5.74, 6) is 0. The summed E-state index contributed by atoms with van der Waals surface area (Å²) in [6.07, 6.45) is 0. The number of nitrogens with two attached hydrogens (primary N) is 1. The van der Waals surface area contributed by atoms with Gasteiger partial charge in [0.2, 0.25) is 0 Å². The first kappa shape index (κ1) is 14.6. The van der Waals surface area contributed by atoms with Crippen molar-refractivity contribution in [2.45, 2.75) is 26.8 Å². The van der Waals surface area contributed by atoms with Gasteiger partial charge in [-0.05, 0) is 49.6 Å². The molecule has 20 heavy (non-hydrogen) atoms. The Labute approximate surface area is 122 Å². The minimum Gasteiger partial charge on any atom is -0.373 e. The number of nitrogens with zero attached hydrogens (tertiary/aromatic N) is 1. The van der Waals surface area contributed by atoms with Crippen LogP contribution in [-0.2, 0) is 0 Å². The van der Waals surface area contributed by atoms with Crippen molar-refractivity contribution in [2.75, 3.05) is 18.5 Å². The molecule has 2 heteroatoms. The van der Waals surface area contributed by atoms with Gasteiger partial charge in [-0.3, -0.25) is 0 Å². The zero-order valence-electron chi connectivity index (χ0n) is 12.9. The molecule has 0 amide bonds. The van der Waals surface area contributed by atoms with E-state index in [9.17, 15) is 0 Å². The SMILES string of the molecule is Cc1cc(C)c(C(N)CN(C)c2ccccc2)c(C)c1. The molecule has 0 heterocycles. The molecule has 0 saturated heterocycles. The Morgan fingerprint density at radius 1 is 1.00 bits per heavy atom. The molecule has 1 unspecified atom stereocenters. The maximum atomic E-state index is 6.44. The van der Waals surface area contributed by atoms with Crippen LogP contribution >= 0.6 is 0 Å². The lowest BCUT2D eigenvalue weighted by atomic mass is 9.94. The average molecular weight is 268 g/mol. The van der Waals surface area contributed by atoms with Crippen LogP contribution in [0.25, 0.3) is 0 Å². The normalized spacial score (nSPS) is 12.2. The van der Waals surface area contributed by atoms with Crippen molar-refractivity contribution < 1.29 is 0 Å². The van der Waals surface area contributed by atoms with E-state index in [1.165, 1.54) is 27.9 Å². The van der Waals surface area contributed by atoms with Crippen LogP contribution in [0, 0.1) is 20.8 Å². The molecule has 106 valence electrons. The average Bonchev–Trinajstić information content (AvgIpc) is 2.38. The molecule has 0 aliphatic heterocycles. The van der Waals surface area contributed by atoms with E-state index in [1.807, 2.05) is 6.07 Å². The summed E-state index contributed by atoms with van der Waals surface area (Å²) >= 11 is 0. The van der Waals surface area contributed by atoms with Gasteiger partial charge in [-0.2, -0.15) is 0 Å². The van der Waals surface area contributed by atoms with Crippen LogP contribution in [0.2, 0.25) is 0 Å². The fourth-order valence-electron chi connectivity index (χ4n) is 2.95. The van der Waals surface area contributed by atoms with E-state index in [0.29, 0.717) is 0 Å². The molecule has 0 spiro atoms. The molecule has 0 fully saturated rings. The number of para-hydroxylation sites is 1. The van der Waals surface area contributed by atoms with Gasteiger partial charge in [-0.15, -0.1) is 0 Å². The van der Waals surface area contributed by atoms with Crippen LogP contribution in [0.1, 0.15) is 28.3 Å². The summed E-state index contributed by atoms with van der Waals surface area (Å²) in [6.45, 7) is 7.25. The molecule has 0 saturated carbocycles.